The van der Waals surface area contributed by atoms with Gasteiger partial charge < -0.3 is 19.5 Å². The zero-order valence-electron chi connectivity index (χ0n) is 18.3. The molecule has 1 heterocycles. The van der Waals surface area contributed by atoms with E-state index in [1.807, 2.05) is 25.1 Å². The third kappa shape index (κ3) is 6.18. The van der Waals surface area contributed by atoms with Gasteiger partial charge >= 0.3 is 0 Å². The third-order valence-electron chi connectivity index (χ3n) is 4.92. The first-order valence-electron chi connectivity index (χ1n) is 10.5. The lowest BCUT2D eigenvalue weighted by molar-refractivity contribution is -0.115. The van der Waals surface area contributed by atoms with Crippen molar-refractivity contribution in [3.05, 3.63) is 57.5 Å². The van der Waals surface area contributed by atoms with E-state index in [4.69, 9.17) is 38.0 Å². The molecular weight excluding hydrogens is 466 g/mol. The number of thioether (sulfide) groups is 1. The average molecular weight is 492 g/mol. The molecule has 5 nitrogen and oxygen atoms in total. The summed E-state index contributed by atoms with van der Waals surface area (Å²) in [4.78, 5) is 12.4. The second kappa shape index (κ2) is 11.6. The van der Waals surface area contributed by atoms with Gasteiger partial charge in [0.1, 0.15) is 23.3 Å². The van der Waals surface area contributed by atoms with Gasteiger partial charge in [-0.3, -0.25) is 4.79 Å². The second-order valence-corrected chi connectivity index (χ2v) is 9.29. The Morgan fingerprint density at radius 1 is 1.12 bits per heavy atom. The molecule has 170 valence electrons. The van der Waals surface area contributed by atoms with Crippen LogP contribution in [0.1, 0.15) is 44.2 Å². The largest absolute Gasteiger partial charge is 0.490 e. The van der Waals surface area contributed by atoms with Crippen molar-refractivity contribution in [3.8, 4) is 17.2 Å². The van der Waals surface area contributed by atoms with Crippen molar-refractivity contribution < 1.29 is 19.0 Å². The van der Waals surface area contributed by atoms with E-state index in [1.165, 1.54) is 17.3 Å². The molecule has 2 aromatic carbocycles. The summed E-state index contributed by atoms with van der Waals surface area (Å²) < 4.78 is 18.1. The van der Waals surface area contributed by atoms with Crippen molar-refractivity contribution in [2.75, 3.05) is 19.8 Å². The molecule has 1 atom stereocenters. The second-order valence-electron chi connectivity index (χ2n) is 7.16. The smallest absolute Gasteiger partial charge is 0.263 e. The molecule has 1 saturated heterocycles. The Hall–Kier alpha value is -2.22. The van der Waals surface area contributed by atoms with Crippen LogP contribution >= 0.6 is 35.6 Å². The van der Waals surface area contributed by atoms with Crippen LogP contribution in [0.5, 0.6) is 17.2 Å². The number of thiocarbonyl (C=S) groups is 1. The van der Waals surface area contributed by atoms with Gasteiger partial charge in [0.2, 0.25) is 0 Å². The van der Waals surface area contributed by atoms with Crippen LogP contribution in [0, 0.1) is 0 Å². The normalized spacial score (nSPS) is 15.6. The molecule has 3 rings (SSSR count). The van der Waals surface area contributed by atoms with Gasteiger partial charge in [-0.15, -0.1) is 0 Å². The number of hydrogen-bond acceptors (Lipinski definition) is 6. The quantitative estimate of drug-likeness (QED) is 0.242. The Bertz CT molecular complexity index is 1030. The van der Waals surface area contributed by atoms with E-state index in [0.717, 1.165) is 17.7 Å². The monoisotopic (exact) mass is 491 g/mol. The first kappa shape index (κ1) is 24.4. The van der Waals surface area contributed by atoms with E-state index in [2.05, 4.69) is 25.2 Å². The van der Waals surface area contributed by atoms with Crippen LogP contribution in [-0.4, -0.2) is 30.0 Å². The minimum absolute atomic E-state index is 0.218. The molecule has 0 radical (unpaired) electrons. The fourth-order valence-electron chi connectivity index (χ4n) is 3.18. The number of benzene rings is 2. The van der Waals surface area contributed by atoms with Crippen LogP contribution in [-0.2, 0) is 4.79 Å². The lowest BCUT2D eigenvalue weighted by Gasteiger charge is -2.17. The van der Waals surface area contributed by atoms with Gasteiger partial charge in [-0.2, -0.15) is 0 Å². The molecule has 0 saturated carbocycles. The molecule has 1 unspecified atom stereocenters. The van der Waals surface area contributed by atoms with Gasteiger partial charge in [-0.25, -0.2) is 0 Å². The molecule has 0 aromatic heterocycles. The van der Waals surface area contributed by atoms with Gasteiger partial charge in [-0.1, -0.05) is 67.6 Å². The molecule has 32 heavy (non-hydrogen) atoms. The van der Waals surface area contributed by atoms with E-state index in [0.29, 0.717) is 51.5 Å². The lowest BCUT2D eigenvalue weighted by atomic mass is 9.98. The highest BCUT2D eigenvalue weighted by molar-refractivity contribution is 8.26. The summed E-state index contributed by atoms with van der Waals surface area (Å²) in [6.45, 7) is 7.36. The molecular formula is C24H26ClNO4S2. The highest BCUT2D eigenvalue weighted by Crippen LogP contribution is 2.38. The van der Waals surface area contributed by atoms with Gasteiger partial charge in [0.15, 0.2) is 11.5 Å². The number of amides is 1. The van der Waals surface area contributed by atoms with Gasteiger partial charge in [0.25, 0.3) is 5.91 Å². The molecule has 0 bridgehead atoms. The zero-order chi connectivity index (χ0) is 23.1. The van der Waals surface area contributed by atoms with E-state index < -0.39 is 0 Å². The number of nitrogens with one attached hydrogen (secondary N) is 1. The highest BCUT2D eigenvalue weighted by Gasteiger charge is 2.22. The summed E-state index contributed by atoms with van der Waals surface area (Å²) in [5, 5.41) is 3.00. The molecule has 1 aliphatic heterocycles. The van der Waals surface area contributed by atoms with Crippen LogP contribution in [0.3, 0.4) is 0 Å². The molecule has 1 amide bonds. The van der Waals surface area contributed by atoms with Crippen LogP contribution in [0.25, 0.3) is 6.08 Å². The summed E-state index contributed by atoms with van der Waals surface area (Å²) in [7, 11) is 0. The number of para-hydroxylation sites is 1. The fourth-order valence-corrected chi connectivity index (χ4v) is 4.50. The number of ether oxygens (including phenoxy) is 3. The molecule has 1 fully saturated rings. The molecule has 2 aromatic rings. The molecule has 0 aliphatic carbocycles. The van der Waals surface area contributed by atoms with Crippen molar-refractivity contribution >= 4 is 51.9 Å². The number of halogens is 1. The summed E-state index contributed by atoms with van der Waals surface area (Å²) in [5.41, 5.74) is 1.92. The van der Waals surface area contributed by atoms with Crippen LogP contribution in [0.4, 0.5) is 0 Å². The average Bonchev–Trinajstić information content (AvgIpc) is 3.09. The number of carbonyl (C=O) groups excluding carboxylic acids is 1. The minimum atomic E-state index is -0.218. The Balaban J connectivity index is 1.70. The van der Waals surface area contributed by atoms with Crippen molar-refractivity contribution in [3.63, 3.8) is 0 Å². The Labute approximate surface area is 203 Å². The summed E-state index contributed by atoms with van der Waals surface area (Å²) >= 11 is 12.7. The Morgan fingerprint density at radius 2 is 1.88 bits per heavy atom. The zero-order valence-corrected chi connectivity index (χ0v) is 20.7. The molecule has 1 N–H and O–H groups in total. The maximum Gasteiger partial charge on any atom is 0.263 e. The van der Waals surface area contributed by atoms with Crippen LogP contribution in [0.2, 0.25) is 5.02 Å². The predicted molar refractivity (Wildman–Crippen MR) is 135 cm³/mol. The first-order chi connectivity index (χ1) is 15.4. The number of rotatable bonds is 10. The lowest BCUT2D eigenvalue weighted by Crippen LogP contribution is -2.17. The van der Waals surface area contributed by atoms with E-state index in [9.17, 15) is 4.79 Å². The highest BCUT2D eigenvalue weighted by atomic mass is 35.5. The van der Waals surface area contributed by atoms with Crippen molar-refractivity contribution in [1.82, 2.24) is 5.32 Å². The van der Waals surface area contributed by atoms with Crippen LogP contribution in [0.15, 0.2) is 41.3 Å². The van der Waals surface area contributed by atoms with E-state index >= 15 is 0 Å². The van der Waals surface area contributed by atoms with Crippen molar-refractivity contribution in [2.45, 2.75) is 33.1 Å². The van der Waals surface area contributed by atoms with Crippen LogP contribution < -0.4 is 19.5 Å². The summed E-state index contributed by atoms with van der Waals surface area (Å²) in [5.74, 6) is 2.03. The Morgan fingerprint density at radius 3 is 2.56 bits per heavy atom. The van der Waals surface area contributed by atoms with Gasteiger partial charge in [-0.05, 0) is 54.7 Å². The van der Waals surface area contributed by atoms with Crippen molar-refractivity contribution in [2.24, 2.45) is 0 Å². The van der Waals surface area contributed by atoms with Crippen molar-refractivity contribution in [1.29, 1.82) is 0 Å². The number of hydrogen-bond donors (Lipinski definition) is 1. The molecule has 8 heteroatoms. The standard InChI is InChI=1S/C24H26ClNO4S2/c1-4-15(3)17-8-6-7-9-19(17)29-10-11-30-22-18(25)12-16(13-20(22)28-5-2)14-21-23(27)26-24(31)32-21/h6-9,12-15H,4-5,10-11H2,1-3H3,(H,26,27,31)/b21-14-. The van der Waals surface area contributed by atoms with Gasteiger partial charge in [0.05, 0.1) is 16.5 Å². The Kier molecular flexibility index (Phi) is 8.84. The minimum Gasteiger partial charge on any atom is -0.490 e. The summed E-state index contributed by atoms with van der Waals surface area (Å²) in [6, 6.07) is 11.6. The predicted octanol–water partition coefficient (Wildman–Crippen LogP) is 6.20. The first-order valence-corrected chi connectivity index (χ1v) is 12.1. The maximum atomic E-state index is 11.9. The van der Waals surface area contributed by atoms with E-state index in [1.54, 1.807) is 18.2 Å². The SMILES string of the molecule is CCOc1cc(/C=C2\SC(=S)NC2=O)cc(Cl)c1OCCOc1ccccc1C(C)CC. The third-order valence-corrected chi connectivity index (χ3v) is 6.36. The topological polar surface area (TPSA) is 56.8 Å². The molecule has 0 spiro atoms. The molecule has 1 aliphatic rings. The van der Waals surface area contributed by atoms with Gasteiger partial charge in [0, 0.05) is 0 Å². The van der Waals surface area contributed by atoms with E-state index in [-0.39, 0.29) is 5.91 Å². The fraction of sp³-hybridized carbons (Fsp3) is 0.333. The summed E-state index contributed by atoms with van der Waals surface area (Å²) in [6.07, 6.45) is 2.77. The maximum absolute atomic E-state index is 11.9. The number of carbonyl (C=O) groups is 1.